The zero-order chi connectivity index (χ0) is 25.9. The van der Waals surface area contributed by atoms with Crippen LogP contribution >= 0.6 is 0 Å². The molecule has 0 spiro atoms. The van der Waals surface area contributed by atoms with E-state index in [1.807, 2.05) is 32.0 Å². The lowest BCUT2D eigenvalue weighted by atomic mass is 10.1. The summed E-state index contributed by atoms with van der Waals surface area (Å²) < 4.78 is 12.7. The number of methoxy groups -OCH3 is 1. The van der Waals surface area contributed by atoms with Crippen LogP contribution < -0.4 is 25.7 Å². The lowest BCUT2D eigenvalue weighted by Crippen LogP contribution is -2.25. The summed E-state index contributed by atoms with van der Waals surface area (Å²) in [6.07, 6.45) is 3.57. The predicted molar refractivity (Wildman–Crippen MR) is 143 cm³/mol. The fraction of sp³-hybridized carbons (Fsp3) is 0.207. The Balaban J connectivity index is 1.51. The van der Waals surface area contributed by atoms with Crippen molar-refractivity contribution in [2.45, 2.75) is 32.7 Å². The van der Waals surface area contributed by atoms with Gasteiger partial charge in [-0.3, -0.25) is 9.59 Å². The van der Waals surface area contributed by atoms with Crippen LogP contribution in [0.1, 0.15) is 34.3 Å². The molecule has 8 heteroatoms. The second-order valence-corrected chi connectivity index (χ2v) is 9.05. The van der Waals surface area contributed by atoms with E-state index in [9.17, 15) is 9.59 Å². The van der Waals surface area contributed by atoms with Crippen LogP contribution in [-0.4, -0.2) is 28.8 Å². The molecular weight excluding hydrogens is 468 g/mol. The lowest BCUT2D eigenvalue weighted by molar-refractivity contribution is 0.0951. The molecule has 4 aromatic rings. The Morgan fingerprint density at radius 1 is 0.973 bits per heavy atom. The van der Waals surface area contributed by atoms with Gasteiger partial charge in [-0.25, -0.2) is 0 Å². The van der Waals surface area contributed by atoms with Crippen LogP contribution in [-0.2, 0) is 0 Å². The number of hydrogen-bond donors (Lipinski definition) is 2. The first-order chi connectivity index (χ1) is 17.9. The number of rotatable bonds is 8. The van der Waals surface area contributed by atoms with Gasteiger partial charge in [-0.15, -0.1) is 0 Å². The molecule has 1 aliphatic carbocycles. The highest BCUT2D eigenvalue weighted by Crippen LogP contribution is 2.32. The molecule has 5 rings (SSSR count). The molecule has 8 nitrogen and oxygen atoms in total. The Labute approximate surface area is 214 Å². The molecule has 1 aromatic heterocycles. The number of ether oxygens (including phenoxy) is 2. The largest absolute Gasteiger partial charge is 0.497 e. The molecule has 2 N–H and O–H groups in total. The van der Waals surface area contributed by atoms with Crippen LogP contribution in [0.15, 0.2) is 77.7 Å². The molecule has 37 heavy (non-hydrogen) atoms. The SMILES string of the molecule is COc1ccc(-n2ncc(Oc3cccc(C)c3C)c(Nc3ccc(C(=O)NC4CC4)cc3)c2=O)cc1. The third kappa shape index (κ3) is 5.33. The minimum Gasteiger partial charge on any atom is -0.497 e. The van der Waals surface area contributed by atoms with E-state index in [0.29, 0.717) is 34.2 Å². The van der Waals surface area contributed by atoms with Crippen molar-refractivity contribution in [3.05, 3.63) is 100.0 Å². The van der Waals surface area contributed by atoms with Crippen LogP contribution in [0, 0.1) is 13.8 Å². The van der Waals surface area contributed by atoms with E-state index in [1.54, 1.807) is 55.6 Å². The van der Waals surface area contributed by atoms with Crippen LogP contribution in [0.3, 0.4) is 0 Å². The summed E-state index contributed by atoms with van der Waals surface area (Å²) in [5.74, 6) is 1.51. The zero-order valence-electron chi connectivity index (χ0n) is 20.9. The van der Waals surface area contributed by atoms with Crippen LogP contribution in [0.2, 0.25) is 0 Å². The smallest absolute Gasteiger partial charge is 0.299 e. The summed E-state index contributed by atoms with van der Waals surface area (Å²) in [5, 5.41) is 10.5. The normalized spacial score (nSPS) is 12.6. The molecule has 0 radical (unpaired) electrons. The van der Waals surface area contributed by atoms with Gasteiger partial charge in [-0.05, 0) is 92.4 Å². The van der Waals surface area contributed by atoms with Gasteiger partial charge in [-0.2, -0.15) is 9.78 Å². The topological polar surface area (TPSA) is 94.5 Å². The van der Waals surface area contributed by atoms with Crippen LogP contribution in [0.5, 0.6) is 17.2 Å². The van der Waals surface area contributed by atoms with Gasteiger partial charge < -0.3 is 20.1 Å². The molecule has 1 fully saturated rings. The van der Waals surface area contributed by atoms with Crippen molar-refractivity contribution in [1.29, 1.82) is 0 Å². The Hall–Kier alpha value is -4.59. The minimum absolute atomic E-state index is 0.0984. The van der Waals surface area contributed by atoms with Crippen molar-refractivity contribution < 1.29 is 14.3 Å². The quantitative estimate of drug-likeness (QED) is 0.344. The first-order valence-corrected chi connectivity index (χ1v) is 12.1. The highest BCUT2D eigenvalue weighted by molar-refractivity contribution is 5.95. The van der Waals surface area contributed by atoms with Gasteiger partial charge >= 0.3 is 0 Å². The van der Waals surface area contributed by atoms with Gasteiger partial charge in [-0.1, -0.05) is 12.1 Å². The summed E-state index contributed by atoms with van der Waals surface area (Å²) in [5.41, 5.74) is 3.67. The number of aryl methyl sites for hydroxylation is 1. The first kappa shape index (κ1) is 24.1. The molecule has 1 aliphatic rings. The van der Waals surface area contributed by atoms with Crippen molar-refractivity contribution in [3.63, 3.8) is 0 Å². The number of nitrogens with zero attached hydrogens (tertiary/aromatic N) is 2. The molecule has 0 bridgehead atoms. The van der Waals surface area contributed by atoms with Crippen molar-refractivity contribution in [3.8, 4) is 22.9 Å². The standard InChI is InChI=1S/C29H28N4O4/c1-18-5-4-6-25(19(18)2)37-26-17-30-33(23-13-15-24(36-3)16-14-23)29(35)27(26)31-21-9-7-20(8-10-21)28(34)32-22-11-12-22/h4-10,13-17,22,31H,11-12H2,1-3H3,(H,32,34). The third-order valence-corrected chi connectivity index (χ3v) is 6.36. The number of carbonyl (C=O) groups is 1. The van der Waals surface area contributed by atoms with E-state index in [4.69, 9.17) is 9.47 Å². The number of hydrogen-bond acceptors (Lipinski definition) is 6. The molecule has 0 aliphatic heterocycles. The van der Waals surface area contributed by atoms with Gasteiger partial charge in [0.05, 0.1) is 19.0 Å². The molecule has 188 valence electrons. The van der Waals surface area contributed by atoms with Gasteiger partial charge in [0.25, 0.3) is 11.5 Å². The molecule has 1 heterocycles. The van der Waals surface area contributed by atoms with Gasteiger partial charge in [0.2, 0.25) is 0 Å². The average Bonchev–Trinajstić information content (AvgIpc) is 3.73. The van der Waals surface area contributed by atoms with Crippen molar-refractivity contribution >= 4 is 17.3 Å². The number of benzene rings is 3. The van der Waals surface area contributed by atoms with E-state index >= 15 is 0 Å². The summed E-state index contributed by atoms with van der Waals surface area (Å²) in [6, 6.07) is 20.1. The molecule has 1 saturated carbocycles. The Kier molecular flexibility index (Phi) is 6.64. The van der Waals surface area contributed by atoms with Crippen LogP contribution in [0.25, 0.3) is 5.69 Å². The van der Waals surface area contributed by atoms with Gasteiger partial charge in [0.1, 0.15) is 11.5 Å². The maximum absolute atomic E-state index is 13.7. The summed E-state index contributed by atoms with van der Waals surface area (Å²) in [4.78, 5) is 26.0. The number of anilines is 2. The summed E-state index contributed by atoms with van der Waals surface area (Å²) in [6.45, 7) is 3.97. The lowest BCUT2D eigenvalue weighted by Gasteiger charge is -2.16. The van der Waals surface area contributed by atoms with Crippen molar-refractivity contribution in [2.75, 3.05) is 12.4 Å². The fourth-order valence-corrected chi connectivity index (χ4v) is 3.84. The second-order valence-electron chi connectivity index (χ2n) is 9.05. The van der Waals surface area contributed by atoms with E-state index in [2.05, 4.69) is 15.7 Å². The van der Waals surface area contributed by atoms with Gasteiger partial charge in [0.15, 0.2) is 11.4 Å². The molecule has 0 atom stereocenters. The molecule has 3 aromatic carbocycles. The highest BCUT2D eigenvalue weighted by atomic mass is 16.5. The Bertz CT molecular complexity index is 1490. The first-order valence-electron chi connectivity index (χ1n) is 12.1. The number of amides is 1. The zero-order valence-corrected chi connectivity index (χ0v) is 20.9. The van der Waals surface area contributed by atoms with E-state index in [-0.39, 0.29) is 23.2 Å². The van der Waals surface area contributed by atoms with E-state index < -0.39 is 0 Å². The van der Waals surface area contributed by atoms with E-state index in [1.165, 1.54) is 10.9 Å². The molecular formula is C29H28N4O4. The average molecular weight is 497 g/mol. The maximum atomic E-state index is 13.7. The molecule has 0 unspecified atom stereocenters. The summed E-state index contributed by atoms with van der Waals surface area (Å²) >= 11 is 0. The molecule has 1 amide bonds. The van der Waals surface area contributed by atoms with Crippen molar-refractivity contribution in [2.24, 2.45) is 0 Å². The maximum Gasteiger partial charge on any atom is 0.299 e. The Morgan fingerprint density at radius 2 is 1.70 bits per heavy atom. The monoisotopic (exact) mass is 496 g/mol. The van der Waals surface area contributed by atoms with E-state index in [0.717, 1.165) is 24.0 Å². The minimum atomic E-state index is -0.386. The molecule has 0 saturated heterocycles. The van der Waals surface area contributed by atoms with Crippen molar-refractivity contribution in [1.82, 2.24) is 15.1 Å². The second kappa shape index (κ2) is 10.2. The highest BCUT2D eigenvalue weighted by Gasteiger charge is 2.24. The number of nitrogens with one attached hydrogen (secondary N) is 2. The summed E-state index contributed by atoms with van der Waals surface area (Å²) in [7, 11) is 1.59. The third-order valence-electron chi connectivity index (χ3n) is 6.36. The van der Waals surface area contributed by atoms with Gasteiger partial charge in [0, 0.05) is 17.3 Å². The number of aromatic nitrogens is 2. The Morgan fingerprint density at radius 3 is 2.38 bits per heavy atom. The number of carbonyl (C=O) groups excluding carboxylic acids is 1. The predicted octanol–water partition coefficient (Wildman–Crippen LogP) is 5.29. The fourth-order valence-electron chi connectivity index (χ4n) is 3.84. The van der Waals surface area contributed by atoms with Crippen LogP contribution in [0.4, 0.5) is 11.4 Å².